The highest BCUT2D eigenvalue weighted by Gasteiger charge is 2.47. The van der Waals surface area contributed by atoms with Crippen LogP contribution in [0.2, 0.25) is 0 Å². The summed E-state index contributed by atoms with van der Waals surface area (Å²) in [7, 11) is 0. The fourth-order valence-corrected chi connectivity index (χ4v) is 6.54. The van der Waals surface area contributed by atoms with Crippen molar-refractivity contribution in [1.29, 1.82) is 5.26 Å². The van der Waals surface area contributed by atoms with E-state index in [1.807, 2.05) is 37.3 Å². The van der Waals surface area contributed by atoms with Crippen molar-refractivity contribution in [2.45, 2.75) is 52.0 Å². The Labute approximate surface area is 257 Å². The van der Waals surface area contributed by atoms with Crippen LogP contribution in [0.1, 0.15) is 46.6 Å². The van der Waals surface area contributed by atoms with Crippen molar-refractivity contribution in [2.24, 2.45) is 0 Å². The molecule has 0 radical (unpaired) electrons. The van der Waals surface area contributed by atoms with Crippen LogP contribution in [0.4, 0.5) is 5.69 Å². The first-order valence-corrected chi connectivity index (χ1v) is 14.8. The van der Waals surface area contributed by atoms with E-state index in [9.17, 15) is 20.0 Å². The SMILES string of the molecule is CC(/C=C(C#N)/C=C/C1=[N+](CCC(=O)O)c2c(c3ccccc3c3ccccc23)C1(C)C)=C1\OCC(C)(C)N1CCOC=O. The van der Waals surface area contributed by atoms with Crippen LogP contribution in [0, 0.1) is 11.3 Å². The zero-order valence-corrected chi connectivity index (χ0v) is 25.9. The van der Waals surface area contributed by atoms with Gasteiger partial charge in [0.15, 0.2) is 18.1 Å². The third kappa shape index (κ3) is 5.46. The van der Waals surface area contributed by atoms with Crippen LogP contribution in [0.15, 0.2) is 83.8 Å². The number of ether oxygens (including phenoxy) is 2. The highest BCUT2D eigenvalue weighted by Crippen LogP contribution is 2.49. The number of hydrogen-bond donors (Lipinski definition) is 1. The Morgan fingerprint density at radius 3 is 2.36 bits per heavy atom. The van der Waals surface area contributed by atoms with E-state index in [0.717, 1.165) is 44.1 Å². The first-order chi connectivity index (χ1) is 21.0. The average Bonchev–Trinajstić information content (AvgIpc) is 3.42. The van der Waals surface area contributed by atoms with E-state index < -0.39 is 11.4 Å². The Hall–Kier alpha value is -4.90. The van der Waals surface area contributed by atoms with Crippen LogP contribution in [0.5, 0.6) is 0 Å². The molecule has 1 fully saturated rings. The molecule has 1 saturated heterocycles. The van der Waals surface area contributed by atoms with Crippen molar-refractivity contribution in [3.8, 4) is 6.07 Å². The minimum atomic E-state index is -0.868. The standard InChI is InChI=1S/C36H37N3O5/c1-24(34-39(18-19-43-23-40)35(2,3)22-44-34)20-25(21-37)14-15-30-36(4,5)32-28-12-8-6-10-26(28)27-11-7-9-13-29(27)33(32)38(30)17-16-31(41)42/h6-15,20,23H,16-19,22H2,1-5H3/p+1. The van der Waals surface area contributed by atoms with Crippen LogP contribution in [0.3, 0.4) is 0 Å². The van der Waals surface area contributed by atoms with Gasteiger partial charge in [0.05, 0.1) is 34.5 Å². The van der Waals surface area contributed by atoms with Crippen molar-refractivity contribution in [1.82, 2.24) is 4.90 Å². The van der Waals surface area contributed by atoms with E-state index in [2.05, 4.69) is 67.5 Å². The lowest BCUT2D eigenvalue weighted by Gasteiger charge is -2.30. The van der Waals surface area contributed by atoms with Gasteiger partial charge in [-0.2, -0.15) is 9.84 Å². The van der Waals surface area contributed by atoms with Crippen LogP contribution < -0.4 is 0 Å². The van der Waals surface area contributed by atoms with Crippen LogP contribution in [0.25, 0.3) is 21.5 Å². The molecule has 0 spiro atoms. The zero-order valence-electron chi connectivity index (χ0n) is 25.9. The molecule has 5 rings (SSSR count). The molecule has 8 nitrogen and oxygen atoms in total. The highest BCUT2D eigenvalue weighted by molar-refractivity contribution is 6.18. The second kappa shape index (κ2) is 12.0. The Kier molecular flexibility index (Phi) is 8.33. The van der Waals surface area contributed by atoms with E-state index in [-0.39, 0.29) is 18.6 Å². The summed E-state index contributed by atoms with van der Waals surface area (Å²) in [5, 5.41) is 24.3. The molecular weight excluding hydrogens is 554 g/mol. The molecule has 0 bridgehead atoms. The normalized spacial score (nSPS) is 18.5. The lowest BCUT2D eigenvalue weighted by molar-refractivity contribution is -0.435. The number of nitriles is 1. The molecule has 0 aromatic heterocycles. The number of hydrogen-bond acceptors (Lipinski definition) is 6. The lowest BCUT2D eigenvalue weighted by atomic mass is 9.78. The summed E-state index contributed by atoms with van der Waals surface area (Å²) in [6.07, 6.45) is 5.51. The Morgan fingerprint density at radius 2 is 1.73 bits per heavy atom. The van der Waals surface area contributed by atoms with Crippen LogP contribution in [-0.2, 0) is 24.5 Å². The van der Waals surface area contributed by atoms with E-state index in [0.29, 0.717) is 37.6 Å². The van der Waals surface area contributed by atoms with Crippen molar-refractivity contribution in [2.75, 3.05) is 26.3 Å². The van der Waals surface area contributed by atoms with Gasteiger partial charge in [-0.15, -0.1) is 0 Å². The largest absolute Gasteiger partial charge is 0.481 e. The molecular formula is C36H38N3O5+. The van der Waals surface area contributed by atoms with Crippen molar-refractivity contribution in [3.05, 3.63) is 89.4 Å². The maximum Gasteiger partial charge on any atom is 0.309 e. The van der Waals surface area contributed by atoms with Crippen LogP contribution >= 0.6 is 0 Å². The quantitative estimate of drug-likeness (QED) is 0.0729. The highest BCUT2D eigenvalue weighted by atomic mass is 16.5. The smallest absolute Gasteiger partial charge is 0.309 e. The van der Waals surface area contributed by atoms with Gasteiger partial charge in [0.2, 0.25) is 5.69 Å². The van der Waals surface area contributed by atoms with Gasteiger partial charge >= 0.3 is 5.97 Å². The second-order valence-corrected chi connectivity index (χ2v) is 12.4. The van der Waals surface area contributed by atoms with Gasteiger partial charge in [-0.1, -0.05) is 42.5 Å². The molecule has 2 heterocycles. The maximum absolute atomic E-state index is 11.8. The molecule has 3 aromatic rings. The number of benzene rings is 3. The first kappa shape index (κ1) is 30.6. The molecule has 8 heteroatoms. The van der Waals surface area contributed by atoms with Gasteiger partial charge in [0.1, 0.15) is 19.6 Å². The molecule has 0 unspecified atom stereocenters. The van der Waals surface area contributed by atoms with Gasteiger partial charge in [0.25, 0.3) is 6.47 Å². The summed E-state index contributed by atoms with van der Waals surface area (Å²) in [4.78, 5) is 24.5. The molecule has 2 aliphatic rings. The fourth-order valence-electron chi connectivity index (χ4n) is 6.54. The van der Waals surface area contributed by atoms with Gasteiger partial charge in [-0.25, -0.2) is 0 Å². The molecule has 0 aliphatic carbocycles. The first-order valence-electron chi connectivity index (χ1n) is 14.8. The number of carboxylic acids is 1. The molecule has 44 heavy (non-hydrogen) atoms. The van der Waals surface area contributed by atoms with Gasteiger partial charge in [-0.05, 0) is 69.0 Å². The molecule has 226 valence electrons. The number of carboxylic acid groups (broad SMARTS) is 1. The number of rotatable bonds is 10. The second-order valence-electron chi connectivity index (χ2n) is 12.4. The van der Waals surface area contributed by atoms with Crippen molar-refractivity contribution in [3.63, 3.8) is 0 Å². The summed E-state index contributed by atoms with van der Waals surface area (Å²) >= 11 is 0. The van der Waals surface area contributed by atoms with E-state index in [1.54, 1.807) is 12.2 Å². The molecule has 2 aliphatic heterocycles. The number of fused-ring (bicyclic) bond motifs is 6. The number of nitrogens with zero attached hydrogens (tertiary/aromatic N) is 3. The topological polar surface area (TPSA) is 103 Å². The third-order valence-electron chi connectivity index (χ3n) is 8.58. The zero-order chi connectivity index (χ0) is 31.6. The summed E-state index contributed by atoms with van der Waals surface area (Å²) in [5.41, 5.74) is 3.52. The van der Waals surface area contributed by atoms with Crippen molar-refractivity contribution >= 4 is 45.4 Å². The number of carbonyl (C=O) groups is 2. The molecule has 0 saturated carbocycles. The molecule has 0 amide bonds. The third-order valence-corrected chi connectivity index (χ3v) is 8.58. The van der Waals surface area contributed by atoms with Gasteiger partial charge < -0.3 is 19.5 Å². The predicted molar refractivity (Wildman–Crippen MR) is 171 cm³/mol. The summed E-state index contributed by atoms with van der Waals surface area (Å²) in [6.45, 7) is 12.2. The van der Waals surface area contributed by atoms with E-state index in [4.69, 9.17) is 9.47 Å². The van der Waals surface area contributed by atoms with Gasteiger partial charge in [0, 0.05) is 17.2 Å². The molecule has 1 N–H and O–H groups in total. The Balaban J connectivity index is 1.63. The van der Waals surface area contributed by atoms with Gasteiger partial charge in [-0.3, -0.25) is 9.59 Å². The maximum atomic E-state index is 11.8. The fraction of sp³-hybridized carbons (Fsp3) is 0.333. The number of carbonyl (C=O) groups excluding carboxylic acids is 1. The number of aliphatic carboxylic acids is 1. The monoisotopic (exact) mass is 592 g/mol. The van der Waals surface area contributed by atoms with E-state index >= 15 is 0 Å². The minimum absolute atomic E-state index is 0.0308. The molecule has 3 aromatic carbocycles. The summed E-state index contributed by atoms with van der Waals surface area (Å²) < 4.78 is 13.1. The Bertz CT molecular complexity index is 1820. The predicted octanol–water partition coefficient (Wildman–Crippen LogP) is 6.37. The van der Waals surface area contributed by atoms with E-state index in [1.165, 1.54) is 0 Å². The number of allylic oxidation sites excluding steroid dienone is 5. The Morgan fingerprint density at radius 1 is 1.09 bits per heavy atom. The summed E-state index contributed by atoms with van der Waals surface area (Å²) in [6, 6.07) is 18.9. The minimum Gasteiger partial charge on any atom is -0.481 e. The summed E-state index contributed by atoms with van der Waals surface area (Å²) in [5.74, 6) is -0.222. The van der Waals surface area contributed by atoms with Crippen LogP contribution in [-0.4, -0.2) is 64.6 Å². The lowest BCUT2D eigenvalue weighted by Crippen LogP contribution is -2.41. The average molecular weight is 593 g/mol. The van der Waals surface area contributed by atoms with Crippen molar-refractivity contribution < 1.29 is 28.7 Å². The molecule has 0 atom stereocenters.